The van der Waals surface area contributed by atoms with E-state index in [1.807, 2.05) is 35.2 Å². The zero-order valence-electron chi connectivity index (χ0n) is 12.4. The lowest BCUT2D eigenvalue weighted by Crippen LogP contribution is -2.27. The van der Waals surface area contributed by atoms with Gasteiger partial charge in [0.2, 0.25) is 0 Å². The summed E-state index contributed by atoms with van der Waals surface area (Å²) in [4.78, 5) is 14.3. The zero-order valence-corrected chi connectivity index (χ0v) is 12.4. The second-order valence-corrected chi connectivity index (χ2v) is 5.56. The van der Waals surface area contributed by atoms with Crippen LogP contribution in [0.2, 0.25) is 0 Å². The van der Waals surface area contributed by atoms with Crippen molar-refractivity contribution in [1.82, 2.24) is 4.90 Å². The molecule has 0 spiro atoms. The Balaban J connectivity index is 1.67. The minimum atomic E-state index is -0.239. The Morgan fingerprint density at radius 2 is 1.86 bits per heavy atom. The fourth-order valence-electron chi connectivity index (χ4n) is 2.72. The van der Waals surface area contributed by atoms with Crippen LogP contribution in [0.25, 0.3) is 0 Å². The highest BCUT2D eigenvalue weighted by Gasteiger charge is 2.19. The van der Waals surface area contributed by atoms with Crippen molar-refractivity contribution < 1.29 is 9.18 Å². The number of nitrogens with one attached hydrogen (secondary N) is 1. The molecule has 1 aliphatic heterocycles. The fourth-order valence-corrected chi connectivity index (χ4v) is 2.72. The average Bonchev–Trinajstić information content (AvgIpc) is 3.07. The molecule has 1 N–H and O–H groups in total. The number of anilines is 1. The number of halogens is 1. The van der Waals surface area contributed by atoms with Gasteiger partial charge in [0.25, 0.3) is 5.91 Å². The third kappa shape index (κ3) is 3.45. The Morgan fingerprint density at radius 3 is 2.64 bits per heavy atom. The molecular weight excluding hydrogens is 279 g/mol. The third-order valence-corrected chi connectivity index (χ3v) is 3.89. The molecule has 1 amide bonds. The molecule has 1 heterocycles. The Bertz CT molecular complexity index is 666. The quantitative estimate of drug-likeness (QED) is 0.934. The molecule has 0 radical (unpaired) electrons. The van der Waals surface area contributed by atoms with Gasteiger partial charge in [0.05, 0.1) is 0 Å². The average molecular weight is 298 g/mol. The van der Waals surface area contributed by atoms with Crippen molar-refractivity contribution in [2.24, 2.45) is 0 Å². The highest BCUT2D eigenvalue weighted by molar-refractivity contribution is 5.95. The second-order valence-electron chi connectivity index (χ2n) is 5.56. The maximum atomic E-state index is 13.2. The second kappa shape index (κ2) is 6.60. The highest BCUT2D eigenvalue weighted by atomic mass is 19.1. The molecule has 0 atom stereocenters. The number of carbonyl (C=O) groups excluding carboxylic acids is 1. The number of likely N-dealkylation sites (tertiary alicyclic amines) is 1. The van der Waals surface area contributed by atoms with Crippen LogP contribution >= 0.6 is 0 Å². The van der Waals surface area contributed by atoms with Crippen LogP contribution in [0.3, 0.4) is 0 Å². The number of carbonyl (C=O) groups is 1. The molecule has 1 saturated heterocycles. The summed E-state index contributed by atoms with van der Waals surface area (Å²) >= 11 is 0. The van der Waals surface area contributed by atoms with Crippen molar-refractivity contribution >= 4 is 11.6 Å². The largest absolute Gasteiger partial charge is 0.381 e. The summed E-state index contributed by atoms with van der Waals surface area (Å²) in [6.45, 7) is 2.22. The summed E-state index contributed by atoms with van der Waals surface area (Å²) < 4.78 is 13.2. The van der Waals surface area contributed by atoms with E-state index in [0.29, 0.717) is 12.1 Å². The molecule has 0 saturated carbocycles. The number of hydrogen-bond acceptors (Lipinski definition) is 2. The SMILES string of the molecule is O=C(c1cccc(NCc2cccc(F)c2)c1)N1CCCC1. The van der Waals surface area contributed by atoms with E-state index >= 15 is 0 Å². The summed E-state index contributed by atoms with van der Waals surface area (Å²) in [5.41, 5.74) is 2.44. The Labute approximate surface area is 129 Å². The van der Waals surface area contributed by atoms with Gasteiger partial charge in [-0.1, -0.05) is 18.2 Å². The molecule has 3 rings (SSSR count). The van der Waals surface area contributed by atoms with Gasteiger partial charge in [0.15, 0.2) is 0 Å². The van der Waals surface area contributed by atoms with Crippen molar-refractivity contribution in [3.63, 3.8) is 0 Å². The molecule has 0 aliphatic carbocycles. The molecule has 2 aromatic rings. The van der Waals surface area contributed by atoms with Crippen molar-refractivity contribution in [3.05, 3.63) is 65.5 Å². The number of benzene rings is 2. The van der Waals surface area contributed by atoms with Crippen LogP contribution in [0, 0.1) is 5.82 Å². The van der Waals surface area contributed by atoms with Crippen LogP contribution in [0.5, 0.6) is 0 Å². The summed E-state index contributed by atoms with van der Waals surface area (Å²) in [7, 11) is 0. The molecule has 1 fully saturated rings. The van der Waals surface area contributed by atoms with Crippen molar-refractivity contribution in [2.45, 2.75) is 19.4 Å². The lowest BCUT2D eigenvalue weighted by molar-refractivity contribution is 0.0793. The van der Waals surface area contributed by atoms with Crippen LogP contribution in [0.1, 0.15) is 28.8 Å². The van der Waals surface area contributed by atoms with Gasteiger partial charge in [0.1, 0.15) is 5.82 Å². The minimum absolute atomic E-state index is 0.0897. The van der Waals surface area contributed by atoms with E-state index in [0.717, 1.165) is 37.2 Å². The van der Waals surface area contributed by atoms with E-state index in [4.69, 9.17) is 0 Å². The van der Waals surface area contributed by atoms with E-state index < -0.39 is 0 Å². The zero-order chi connectivity index (χ0) is 15.4. The van der Waals surface area contributed by atoms with E-state index in [1.54, 1.807) is 6.07 Å². The predicted molar refractivity (Wildman–Crippen MR) is 85.3 cm³/mol. The fraction of sp³-hybridized carbons (Fsp3) is 0.278. The maximum absolute atomic E-state index is 13.2. The van der Waals surface area contributed by atoms with Gasteiger partial charge in [-0.05, 0) is 48.7 Å². The molecule has 1 aliphatic rings. The van der Waals surface area contributed by atoms with Crippen molar-refractivity contribution in [3.8, 4) is 0 Å². The molecule has 4 heteroatoms. The van der Waals surface area contributed by atoms with Crippen LogP contribution in [0.4, 0.5) is 10.1 Å². The summed E-state index contributed by atoms with van der Waals surface area (Å²) in [5.74, 6) is -0.149. The standard InChI is InChI=1S/C18H19FN2O/c19-16-7-3-5-14(11-16)13-20-17-8-4-6-15(12-17)18(22)21-9-1-2-10-21/h3-8,11-12,20H,1-2,9-10,13H2. The van der Waals surface area contributed by atoms with Crippen LogP contribution in [0.15, 0.2) is 48.5 Å². The Kier molecular flexibility index (Phi) is 4.37. The van der Waals surface area contributed by atoms with Crippen LogP contribution in [-0.4, -0.2) is 23.9 Å². The minimum Gasteiger partial charge on any atom is -0.381 e. The van der Waals surface area contributed by atoms with Gasteiger partial charge >= 0.3 is 0 Å². The summed E-state index contributed by atoms with van der Waals surface area (Å²) in [6.07, 6.45) is 2.17. The predicted octanol–water partition coefficient (Wildman–Crippen LogP) is 3.67. The monoisotopic (exact) mass is 298 g/mol. The van der Waals surface area contributed by atoms with Gasteiger partial charge < -0.3 is 10.2 Å². The van der Waals surface area contributed by atoms with E-state index in [-0.39, 0.29) is 11.7 Å². The first kappa shape index (κ1) is 14.6. The molecule has 22 heavy (non-hydrogen) atoms. The van der Waals surface area contributed by atoms with Crippen LogP contribution in [-0.2, 0) is 6.54 Å². The molecule has 3 nitrogen and oxygen atoms in total. The van der Waals surface area contributed by atoms with Gasteiger partial charge in [-0.25, -0.2) is 4.39 Å². The highest BCUT2D eigenvalue weighted by Crippen LogP contribution is 2.17. The summed E-state index contributed by atoms with van der Waals surface area (Å²) in [5, 5.41) is 3.24. The van der Waals surface area contributed by atoms with Gasteiger partial charge in [-0.2, -0.15) is 0 Å². The van der Waals surface area contributed by atoms with Crippen LogP contribution < -0.4 is 5.32 Å². The molecule has 0 aromatic heterocycles. The van der Waals surface area contributed by atoms with Crippen molar-refractivity contribution in [1.29, 1.82) is 0 Å². The van der Waals surface area contributed by atoms with E-state index in [1.165, 1.54) is 12.1 Å². The first-order valence-corrected chi connectivity index (χ1v) is 7.60. The smallest absolute Gasteiger partial charge is 0.253 e. The van der Waals surface area contributed by atoms with Crippen molar-refractivity contribution in [2.75, 3.05) is 18.4 Å². The topological polar surface area (TPSA) is 32.3 Å². The number of amides is 1. The molecular formula is C18H19FN2O. The number of nitrogens with zero attached hydrogens (tertiary/aromatic N) is 1. The van der Waals surface area contributed by atoms with E-state index in [9.17, 15) is 9.18 Å². The van der Waals surface area contributed by atoms with Gasteiger partial charge in [-0.3, -0.25) is 4.79 Å². The Hall–Kier alpha value is -2.36. The third-order valence-electron chi connectivity index (χ3n) is 3.89. The van der Waals surface area contributed by atoms with Gasteiger partial charge in [0, 0.05) is 30.9 Å². The number of rotatable bonds is 4. The number of hydrogen-bond donors (Lipinski definition) is 1. The molecule has 0 bridgehead atoms. The lowest BCUT2D eigenvalue weighted by atomic mass is 10.1. The normalized spacial score (nSPS) is 14.1. The molecule has 114 valence electrons. The Morgan fingerprint density at radius 1 is 1.09 bits per heavy atom. The molecule has 2 aromatic carbocycles. The summed E-state index contributed by atoms with van der Waals surface area (Å²) in [6, 6.07) is 14.0. The maximum Gasteiger partial charge on any atom is 0.253 e. The lowest BCUT2D eigenvalue weighted by Gasteiger charge is -2.16. The van der Waals surface area contributed by atoms with E-state index in [2.05, 4.69) is 5.32 Å². The first-order chi connectivity index (χ1) is 10.7. The first-order valence-electron chi connectivity index (χ1n) is 7.60. The molecule has 0 unspecified atom stereocenters. The van der Waals surface area contributed by atoms with Gasteiger partial charge in [-0.15, -0.1) is 0 Å².